The fourth-order valence-electron chi connectivity index (χ4n) is 1.93. The lowest BCUT2D eigenvalue weighted by Gasteiger charge is -2.17. The SMILES string of the molecule is CCN(CC)CCNC(=O)Cc1ccc(CN)cc1. The van der Waals surface area contributed by atoms with Crippen LogP contribution in [0.25, 0.3) is 0 Å². The molecule has 0 saturated carbocycles. The van der Waals surface area contributed by atoms with Crippen molar-refractivity contribution < 1.29 is 4.79 Å². The van der Waals surface area contributed by atoms with Crippen LogP contribution in [0.4, 0.5) is 0 Å². The molecule has 0 spiro atoms. The first-order chi connectivity index (χ1) is 9.19. The number of likely N-dealkylation sites (N-methyl/N-ethyl adjacent to an activating group) is 1. The average molecular weight is 263 g/mol. The standard InChI is InChI=1S/C15H25N3O/c1-3-18(4-2)10-9-17-15(19)11-13-5-7-14(12-16)8-6-13/h5-8H,3-4,9-12,16H2,1-2H3,(H,17,19). The van der Waals surface area contributed by atoms with Gasteiger partial charge in [0.15, 0.2) is 0 Å². The van der Waals surface area contributed by atoms with Gasteiger partial charge in [-0.15, -0.1) is 0 Å². The minimum absolute atomic E-state index is 0.0765. The van der Waals surface area contributed by atoms with E-state index in [0.29, 0.717) is 19.5 Å². The van der Waals surface area contributed by atoms with Crippen LogP contribution in [0.2, 0.25) is 0 Å². The van der Waals surface area contributed by atoms with E-state index in [4.69, 9.17) is 5.73 Å². The summed E-state index contributed by atoms with van der Waals surface area (Å²) in [6.07, 6.45) is 0.434. The number of nitrogens with zero attached hydrogens (tertiary/aromatic N) is 1. The Kier molecular flexibility index (Phi) is 7.15. The molecule has 0 unspecified atom stereocenters. The molecule has 4 nitrogen and oxygen atoms in total. The Morgan fingerprint density at radius 2 is 1.74 bits per heavy atom. The zero-order valence-electron chi connectivity index (χ0n) is 12.0. The molecule has 1 aromatic rings. The van der Waals surface area contributed by atoms with Gasteiger partial charge in [-0.25, -0.2) is 0 Å². The average Bonchev–Trinajstić information content (AvgIpc) is 2.44. The zero-order chi connectivity index (χ0) is 14.1. The fraction of sp³-hybridized carbons (Fsp3) is 0.533. The summed E-state index contributed by atoms with van der Waals surface area (Å²) in [4.78, 5) is 14.1. The Bertz CT molecular complexity index is 371. The topological polar surface area (TPSA) is 58.4 Å². The lowest BCUT2D eigenvalue weighted by Crippen LogP contribution is -2.35. The van der Waals surface area contributed by atoms with Crippen molar-refractivity contribution in [1.29, 1.82) is 0 Å². The maximum atomic E-state index is 11.8. The van der Waals surface area contributed by atoms with E-state index < -0.39 is 0 Å². The van der Waals surface area contributed by atoms with Gasteiger partial charge in [-0.1, -0.05) is 38.1 Å². The van der Waals surface area contributed by atoms with Crippen molar-refractivity contribution in [2.45, 2.75) is 26.8 Å². The summed E-state index contributed by atoms with van der Waals surface area (Å²) in [7, 11) is 0. The number of nitrogens with two attached hydrogens (primary N) is 1. The number of hydrogen-bond donors (Lipinski definition) is 2. The zero-order valence-corrected chi connectivity index (χ0v) is 12.0. The number of carbonyl (C=O) groups excluding carboxylic acids is 1. The molecule has 0 aliphatic heterocycles. The molecule has 4 heteroatoms. The lowest BCUT2D eigenvalue weighted by atomic mass is 10.1. The van der Waals surface area contributed by atoms with Gasteiger partial charge in [0.05, 0.1) is 6.42 Å². The molecule has 0 heterocycles. The Morgan fingerprint density at radius 3 is 2.26 bits per heavy atom. The van der Waals surface area contributed by atoms with E-state index >= 15 is 0 Å². The molecule has 3 N–H and O–H groups in total. The predicted molar refractivity (Wildman–Crippen MR) is 78.8 cm³/mol. The lowest BCUT2D eigenvalue weighted by molar-refractivity contribution is -0.120. The smallest absolute Gasteiger partial charge is 0.224 e. The van der Waals surface area contributed by atoms with Gasteiger partial charge in [0.25, 0.3) is 0 Å². The highest BCUT2D eigenvalue weighted by Gasteiger charge is 2.04. The van der Waals surface area contributed by atoms with Crippen LogP contribution in [0, 0.1) is 0 Å². The molecular weight excluding hydrogens is 238 g/mol. The molecule has 0 saturated heterocycles. The Hall–Kier alpha value is -1.39. The molecule has 0 radical (unpaired) electrons. The number of amides is 1. The molecule has 19 heavy (non-hydrogen) atoms. The molecular formula is C15H25N3O. The minimum atomic E-state index is 0.0765. The van der Waals surface area contributed by atoms with E-state index in [1.165, 1.54) is 0 Å². The van der Waals surface area contributed by atoms with Crippen molar-refractivity contribution in [2.24, 2.45) is 5.73 Å². The first-order valence-corrected chi connectivity index (χ1v) is 6.96. The molecule has 0 aromatic heterocycles. The number of hydrogen-bond acceptors (Lipinski definition) is 3. The highest BCUT2D eigenvalue weighted by atomic mass is 16.1. The fourth-order valence-corrected chi connectivity index (χ4v) is 1.93. The van der Waals surface area contributed by atoms with Crippen molar-refractivity contribution in [3.8, 4) is 0 Å². The third kappa shape index (κ3) is 5.85. The van der Waals surface area contributed by atoms with Gasteiger partial charge < -0.3 is 16.0 Å². The summed E-state index contributed by atoms with van der Waals surface area (Å²) < 4.78 is 0. The molecule has 106 valence electrons. The normalized spacial score (nSPS) is 10.7. The summed E-state index contributed by atoms with van der Waals surface area (Å²) in [6, 6.07) is 7.87. The first-order valence-electron chi connectivity index (χ1n) is 6.96. The van der Waals surface area contributed by atoms with Crippen LogP contribution in [0.5, 0.6) is 0 Å². The van der Waals surface area contributed by atoms with Gasteiger partial charge in [0.1, 0.15) is 0 Å². The van der Waals surface area contributed by atoms with Gasteiger partial charge in [-0.3, -0.25) is 4.79 Å². The molecule has 1 rings (SSSR count). The number of nitrogens with one attached hydrogen (secondary N) is 1. The van der Waals surface area contributed by atoms with E-state index in [1.807, 2.05) is 24.3 Å². The van der Waals surface area contributed by atoms with Crippen molar-refractivity contribution in [1.82, 2.24) is 10.2 Å². The van der Waals surface area contributed by atoms with Crippen molar-refractivity contribution in [2.75, 3.05) is 26.2 Å². The molecule has 0 aliphatic carbocycles. The van der Waals surface area contributed by atoms with E-state index in [-0.39, 0.29) is 5.91 Å². The predicted octanol–water partition coefficient (Wildman–Crippen LogP) is 1.15. The van der Waals surface area contributed by atoms with Gasteiger partial charge in [-0.2, -0.15) is 0 Å². The van der Waals surface area contributed by atoms with E-state index in [0.717, 1.165) is 30.8 Å². The van der Waals surface area contributed by atoms with Crippen LogP contribution in [0.15, 0.2) is 24.3 Å². The summed E-state index contributed by atoms with van der Waals surface area (Å²) in [5, 5.41) is 2.95. The largest absolute Gasteiger partial charge is 0.355 e. The summed E-state index contributed by atoms with van der Waals surface area (Å²) >= 11 is 0. The number of rotatable bonds is 8. The third-order valence-electron chi connectivity index (χ3n) is 3.27. The summed E-state index contributed by atoms with van der Waals surface area (Å²) in [5.74, 6) is 0.0765. The van der Waals surface area contributed by atoms with Crippen molar-refractivity contribution in [3.05, 3.63) is 35.4 Å². The third-order valence-corrected chi connectivity index (χ3v) is 3.27. The van der Waals surface area contributed by atoms with Crippen LogP contribution >= 0.6 is 0 Å². The van der Waals surface area contributed by atoms with Gasteiger partial charge >= 0.3 is 0 Å². The Labute approximate surface area is 116 Å². The highest BCUT2D eigenvalue weighted by Crippen LogP contribution is 2.04. The first kappa shape index (κ1) is 15.7. The minimum Gasteiger partial charge on any atom is -0.355 e. The quantitative estimate of drug-likeness (QED) is 0.739. The molecule has 0 aliphatic rings. The Morgan fingerprint density at radius 1 is 1.16 bits per heavy atom. The molecule has 0 atom stereocenters. The maximum Gasteiger partial charge on any atom is 0.224 e. The van der Waals surface area contributed by atoms with Crippen LogP contribution < -0.4 is 11.1 Å². The molecule has 0 fully saturated rings. The van der Waals surface area contributed by atoms with E-state index in [9.17, 15) is 4.79 Å². The number of carbonyl (C=O) groups is 1. The molecule has 1 aromatic carbocycles. The van der Waals surface area contributed by atoms with Crippen LogP contribution in [-0.2, 0) is 17.8 Å². The second kappa shape index (κ2) is 8.67. The van der Waals surface area contributed by atoms with Gasteiger partial charge in [0, 0.05) is 19.6 Å². The van der Waals surface area contributed by atoms with Crippen LogP contribution in [0.1, 0.15) is 25.0 Å². The maximum absolute atomic E-state index is 11.8. The monoisotopic (exact) mass is 263 g/mol. The molecule has 0 bridgehead atoms. The van der Waals surface area contributed by atoms with Gasteiger partial charge in [0.2, 0.25) is 5.91 Å². The van der Waals surface area contributed by atoms with Crippen molar-refractivity contribution >= 4 is 5.91 Å². The second-order valence-corrected chi connectivity index (χ2v) is 4.57. The molecule has 1 amide bonds. The highest BCUT2D eigenvalue weighted by molar-refractivity contribution is 5.78. The summed E-state index contributed by atoms with van der Waals surface area (Å²) in [6.45, 7) is 8.46. The van der Waals surface area contributed by atoms with Crippen LogP contribution in [-0.4, -0.2) is 37.0 Å². The van der Waals surface area contributed by atoms with Crippen molar-refractivity contribution in [3.63, 3.8) is 0 Å². The van der Waals surface area contributed by atoms with E-state index in [2.05, 4.69) is 24.1 Å². The van der Waals surface area contributed by atoms with Gasteiger partial charge in [-0.05, 0) is 24.2 Å². The second-order valence-electron chi connectivity index (χ2n) is 4.57. The number of benzene rings is 1. The van der Waals surface area contributed by atoms with E-state index in [1.54, 1.807) is 0 Å². The Balaban J connectivity index is 2.30. The van der Waals surface area contributed by atoms with Crippen LogP contribution in [0.3, 0.4) is 0 Å². The summed E-state index contributed by atoms with van der Waals surface area (Å²) in [5.41, 5.74) is 7.65.